The molecular formula is C18H26N2O4. The third-order valence-corrected chi connectivity index (χ3v) is 3.59. The van der Waals surface area contributed by atoms with Crippen LogP contribution in [-0.2, 0) is 20.8 Å². The van der Waals surface area contributed by atoms with E-state index in [1.807, 2.05) is 44.2 Å². The molecule has 24 heavy (non-hydrogen) atoms. The molecular weight excluding hydrogens is 308 g/mol. The van der Waals surface area contributed by atoms with Crippen molar-refractivity contribution in [2.75, 3.05) is 6.54 Å². The molecule has 2 amide bonds. The number of benzene rings is 1. The van der Waals surface area contributed by atoms with E-state index < -0.39 is 12.0 Å². The van der Waals surface area contributed by atoms with Crippen molar-refractivity contribution in [3.05, 3.63) is 35.9 Å². The lowest BCUT2D eigenvalue weighted by atomic mass is 10.0. The summed E-state index contributed by atoms with van der Waals surface area (Å²) in [7, 11) is 0. The van der Waals surface area contributed by atoms with E-state index in [9.17, 15) is 14.4 Å². The van der Waals surface area contributed by atoms with Crippen LogP contribution in [-0.4, -0.2) is 35.5 Å². The molecule has 0 aliphatic heterocycles. The van der Waals surface area contributed by atoms with E-state index in [1.54, 1.807) is 0 Å². The van der Waals surface area contributed by atoms with Gasteiger partial charge >= 0.3 is 5.97 Å². The molecule has 0 aromatic heterocycles. The maximum Gasteiger partial charge on any atom is 0.303 e. The molecule has 0 saturated carbocycles. The van der Waals surface area contributed by atoms with E-state index in [2.05, 4.69) is 10.6 Å². The highest BCUT2D eigenvalue weighted by Crippen LogP contribution is 2.05. The Morgan fingerprint density at radius 3 is 2.33 bits per heavy atom. The largest absolute Gasteiger partial charge is 0.481 e. The Labute approximate surface area is 142 Å². The Kier molecular flexibility index (Phi) is 8.54. The van der Waals surface area contributed by atoms with Crippen LogP contribution in [0, 0.1) is 5.92 Å². The van der Waals surface area contributed by atoms with Crippen LogP contribution in [0.3, 0.4) is 0 Å². The topological polar surface area (TPSA) is 95.5 Å². The second-order valence-electron chi connectivity index (χ2n) is 6.09. The van der Waals surface area contributed by atoms with Crippen molar-refractivity contribution in [2.24, 2.45) is 5.92 Å². The number of hydrogen-bond acceptors (Lipinski definition) is 3. The normalized spacial score (nSPS) is 11.8. The van der Waals surface area contributed by atoms with Gasteiger partial charge in [0.2, 0.25) is 11.8 Å². The molecule has 0 heterocycles. The van der Waals surface area contributed by atoms with Gasteiger partial charge in [0.15, 0.2) is 0 Å². The van der Waals surface area contributed by atoms with E-state index in [0.29, 0.717) is 19.4 Å². The summed E-state index contributed by atoms with van der Waals surface area (Å²) in [5.41, 5.74) is 0.895. The number of unbranched alkanes of at least 4 members (excludes halogenated alkanes) is 1. The lowest BCUT2D eigenvalue weighted by Gasteiger charge is -2.21. The minimum Gasteiger partial charge on any atom is -0.481 e. The Morgan fingerprint density at radius 1 is 1.08 bits per heavy atom. The van der Waals surface area contributed by atoms with E-state index >= 15 is 0 Å². The summed E-state index contributed by atoms with van der Waals surface area (Å²) >= 11 is 0. The minimum absolute atomic E-state index is 0.0382. The second-order valence-corrected chi connectivity index (χ2v) is 6.09. The van der Waals surface area contributed by atoms with Crippen LogP contribution in [0.5, 0.6) is 0 Å². The molecule has 6 heteroatoms. The van der Waals surface area contributed by atoms with Crippen LogP contribution in [0.1, 0.15) is 38.7 Å². The van der Waals surface area contributed by atoms with Gasteiger partial charge in [0.1, 0.15) is 6.04 Å². The SMILES string of the molecule is CC(C)C(NC(=O)Cc1ccccc1)C(=O)NCCCCC(=O)O. The zero-order valence-corrected chi connectivity index (χ0v) is 14.2. The lowest BCUT2D eigenvalue weighted by Crippen LogP contribution is -2.50. The number of carbonyl (C=O) groups is 3. The quantitative estimate of drug-likeness (QED) is 0.568. The molecule has 0 bridgehead atoms. The molecule has 0 saturated heterocycles. The molecule has 1 unspecified atom stereocenters. The fourth-order valence-electron chi connectivity index (χ4n) is 2.26. The second kappa shape index (κ2) is 10.4. The third-order valence-electron chi connectivity index (χ3n) is 3.59. The number of carbonyl (C=O) groups excluding carboxylic acids is 2. The summed E-state index contributed by atoms with van der Waals surface area (Å²) in [6.07, 6.45) is 1.44. The maximum absolute atomic E-state index is 12.2. The molecule has 132 valence electrons. The summed E-state index contributed by atoms with van der Waals surface area (Å²) in [5.74, 6) is -1.30. The van der Waals surface area contributed by atoms with Gasteiger partial charge in [-0.15, -0.1) is 0 Å². The van der Waals surface area contributed by atoms with E-state index in [-0.39, 0.29) is 30.6 Å². The Morgan fingerprint density at radius 2 is 1.75 bits per heavy atom. The van der Waals surface area contributed by atoms with Crippen molar-refractivity contribution in [3.8, 4) is 0 Å². The average molecular weight is 334 g/mol. The van der Waals surface area contributed by atoms with Gasteiger partial charge < -0.3 is 15.7 Å². The van der Waals surface area contributed by atoms with Crippen LogP contribution >= 0.6 is 0 Å². The zero-order chi connectivity index (χ0) is 17.9. The molecule has 0 radical (unpaired) electrons. The van der Waals surface area contributed by atoms with Crippen LogP contribution in [0.15, 0.2) is 30.3 Å². The summed E-state index contributed by atoms with van der Waals surface area (Å²) in [4.78, 5) is 34.8. The summed E-state index contributed by atoms with van der Waals surface area (Å²) in [6.45, 7) is 4.15. The van der Waals surface area contributed by atoms with Gasteiger partial charge in [-0.1, -0.05) is 44.2 Å². The minimum atomic E-state index is -0.838. The van der Waals surface area contributed by atoms with Gasteiger partial charge in [0, 0.05) is 13.0 Å². The van der Waals surface area contributed by atoms with Gasteiger partial charge in [-0.3, -0.25) is 14.4 Å². The van der Waals surface area contributed by atoms with Crippen molar-refractivity contribution in [3.63, 3.8) is 0 Å². The van der Waals surface area contributed by atoms with E-state index in [4.69, 9.17) is 5.11 Å². The number of amides is 2. The first kappa shape index (κ1) is 19.7. The smallest absolute Gasteiger partial charge is 0.303 e. The van der Waals surface area contributed by atoms with Crippen LogP contribution in [0.4, 0.5) is 0 Å². The number of carboxylic acid groups (broad SMARTS) is 1. The number of rotatable bonds is 10. The first-order valence-electron chi connectivity index (χ1n) is 8.23. The number of aliphatic carboxylic acids is 1. The van der Waals surface area contributed by atoms with Gasteiger partial charge in [-0.05, 0) is 24.3 Å². The van der Waals surface area contributed by atoms with Crippen molar-refractivity contribution in [2.45, 2.75) is 45.6 Å². The molecule has 1 aromatic carbocycles. The average Bonchev–Trinajstić information content (AvgIpc) is 2.52. The first-order valence-corrected chi connectivity index (χ1v) is 8.23. The maximum atomic E-state index is 12.2. The number of carboxylic acids is 1. The third kappa shape index (κ3) is 7.76. The summed E-state index contributed by atoms with van der Waals surface area (Å²) in [6, 6.07) is 8.76. The lowest BCUT2D eigenvalue weighted by molar-refractivity contribution is -0.137. The van der Waals surface area contributed by atoms with E-state index in [0.717, 1.165) is 5.56 Å². The van der Waals surface area contributed by atoms with Gasteiger partial charge in [-0.25, -0.2) is 0 Å². The van der Waals surface area contributed by atoms with Crippen LogP contribution in [0.25, 0.3) is 0 Å². The van der Waals surface area contributed by atoms with Gasteiger partial charge in [0.25, 0.3) is 0 Å². The van der Waals surface area contributed by atoms with Crippen molar-refractivity contribution in [1.29, 1.82) is 0 Å². The Balaban J connectivity index is 2.43. The molecule has 0 fully saturated rings. The highest BCUT2D eigenvalue weighted by molar-refractivity contribution is 5.88. The number of hydrogen-bond donors (Lipinski definition) is 3. The van der Waals surface area contributed by atoms with Gasteiger partial charge in [0.05, 0.1) is 6.42 Å². The van der Waals surface area contributed by atoms with Crippen LogP contribution < -0.4 is 10.6 Å². The Bertz CT molecular complexity index is 543. The molecule has 0 spiro atoms. The van der Waals surface area contributed by atoms with Crippen molar-refractivity contribution >= 4 is 17.8 Å². The summed E-state index contributed by atoms with van der Waals surface area (Å²) in [5, 5.41) is 14.1. The van der Waals surface area contributed by atoms with Gasteiger partial charge in [-0.2, -0.15) is 0 Å². The molecule has 0 aliphatic carbocycles. The molecule has 0 aliphatic rings. The highest BCUT2D eigenvalue weighted by atomic mass is 16.4. The van der Waals surface area contributed by atoms with Crippen molar-refractivity contribution in [1.82, 2.24) is 10.6 Å². The predicted octanol–water partition coefficient (Wildman–Crippen LogP) is 1.74. The molecule has 1 atom stereocenters. The van der Waals surface area contributed by atoms with Crippen LogP contribution in [0.2, 0.25) is 0 Å². The monoisotopic (exact) mass is 334 g/mol. The molecule has 6 nitrogen and oxygen atoms in total. The Hall–Kier alpha value is -2.37. The number of nitrogens with one attached hydrogen (secondary N) is 2. The molecule has 3 N–H and O–H groups in total. The van der Waals surface area contributed by atoms with E-state index in [1.165, 1.54) is 0 Å². The first-order chi connectivity index (χ1) is 11.4. The zero-order valence-electron chi connectivity index (χ0n) is 14.2. The molecule has 1 rings (SSSR count). The van der Waals surface area contributed by atoms with Crippen molar-refractivity contribution < 1.29 is 19.5 Å². The fraction of sp³-hybridized carbons (Fsp3) is 0.500. The fourth-order valence-corrected chi connectivity index (χ4v) is 2.26. The highest BCUT2D eigenvalue weighted by Gasteiger charge is 2.23. The molecule has 1 aromatic rings. The summed E-state index contributed by atoms with van der Waals surface area (Å²) < 4.78 is 0. The predicted molar refractivity (Wildman–Crippen MR) is 91.4 cm³/mol. The standard InChI is InChI=1S/C18H26N2O4/c1-13(2)17(18(24)19-11-7-6-10-16(22)23)20-15(21)12-14-8-4-3-5-9-14/h3-5,8-9,13,17H,6-7,10-12H2,1-2H3,(H,19,24)(H,20,21)(H,22,23).